The average molecular weight is 219 g/mol. The quantitative estimate of drug-likeness (QED) is 0.850. The molecule has 0 saturated heterocycles. The van der Waals surface area contributed by atoms with Crippen molar-refractivity contribution in [1.82, 2.24) is 19.1 Å². The van der Waals surface area contributed by atoms with E-state index < -0.39 is 0 Å². The first kappa shape index (κ1) is 10.7. The van der Waals surface area contributed by atoms with Crippen LogP contribution in [0.1, 0.15) is 19.8 Å². The van der Waals surface area contributed by atoms with Crippen molar-refractivity contribution in [2.45, 2.75) is 26.3 Å². The highest BCUT2D eigenvalue weighted by Crippen LogP contribution is 2.23. The van der Waals surface area contributed by atoms with Gasteiger partial charge in [0.2, 0.25) is 0 Å². The predicted molar refractivity (Wildman–Crippen MR) is 63.7 cm³/mol. The van der Waals surface area contributed by atoms with Crippen LogP contribution in [0.5, 0.6) is 0 Å². The fourth-order valence-electron chi connectivity index (χ4n) is 1.68. The lowest BCUT2D eigenvalue weighted by Gasteiger charge is -2.04. The van der Waals surface area contributed by atoms with Gasteiger partial charge in [-0.15, -0.1) is 0 Å². The zero-order valence-electron chi connectivity index (χ0n) is 9.72. The largest absolute Gasteiger partial charge is 0.383 e. The van der Waals surface area contributed by atoms with E-state index in [9.17, 15) is 0 Å². The first-order valence-electron chi connectivity index (χ1n) is 5.51. The Morgan fingerprint density at radius 1 is 1.38 bits per heavy atom. The molecular formula is C11H17N5. The lowest BCUT2D eigenvalue weighted by Crippen LogP contribution is -2.02. The number of nitrogens with zero attached hydrogens (tertiary/aromatic N) is 4. The summed E-state index contributed by atoms with van der Waals surface area (Å²) in [7, 11) is 1.94. The summed E-state index contributed by atoms with van der Waals surface area (Å²) < 4.78 is 3.91. The fourth-order valence-corrected chi connectivity index (χ4v) is 1.68. The summed E-state index contributed by atoms with van der Waals surface area (Å²) >= 11 is 0. The maximum Gasteiger partial charge on any atom is 0.133 e. The number of anilines is 1. The second-order valence-corrected chi connectivity index (χ2v) is 3.92. The SMILES string of the molecule is CCCCn1cnc(-c2cncn2C)c1N. The molecule has 0 saturated carbocycles. The zero-order chi connectivity index (χ0) is 11.5. The van der Waals surface area contributed by atoms with Crippen molar-refractivity contribution in [3.63, 3.8) is 0 Å². The Hall–Kier alpha value is -1.78. The standard InChI is InChI=1S/C11H17N5/c1-3-4-5-16-8-14-10(11(16)12)9-6-13-7-15(9)2/h6-8H,3-5,12H2,1-2H3. The first-order valence-corrected chi connectivity index (χ1v) is 5.51. The molecule has 86 valence electrons. The summed E-state index contributed by atoms with van der Waals surface area (Å²) in [6, 6.07) is 0. The van der Waals surface area contributed by atoms with Gasteiger partial charge in [-0.3, -0.25) is 0 Å². The van der Waals surface area contributed by atoms with E-state index in [-0.39, 0.29) is 0 Å². The molecule has 0 atom stereocenters. The highest BCUT2D eigenvalue weighted by Gasteiger charge is 2.12. The van der Waals surface area contributed by atoms with Gasteiger partial charge in [0.25, 0.3) is 0 Å². The van der Waals surface area contributed by atoms with Gasteiger partial charge in [0.15, 0.2) is 0 Å². The van der Waals surface area contributed by atoms with Crippen molar-refractivity contribution in [1.29, 1.82) is 0 Å². The fraction of sp³-hybridized carbons (Fsp3) is 0.455. The average Bonchev–Trinajstić information content (AvgIpc) is 2.83. The molecular weight excluding hydrogens is 202 g/mol. The molecule has 2 heterocycles. The summed E-state index contributed by atoms with van der Waals surface area (Å²) in [6.45, 7) is 3.09. The molecule has 2 aromatic heterocycles. The second kappa shape index (κ2) is 4.38. The number of rotatable bonds is 4. The minimum absolute atomic E-state index is 0.719. The Balaban J connectivity index is 2.30. The molecule has 0 aliphatic heterocycles. The number of nitrogens with two attached hydrogens (primary N) is 1. The van der Waals surface area contributed by atoms with Crippen molar-refractivity contribution in [3.8, 4) is 11.4 Å². The van der Waals surface area contributed by atoms with Gasteiger partial charge in [-0.1, -0.05) is 13.3 Å². The molecule has 0 bridgehead atoms. The van der Waals surface area contributed by atoms with Crippen LogP contribution in [-0.4, -0.2) is 19.1 Å². The van der Waals surface area contributed by atoms with Crippen LogP contribution in [0.15, 0.2) is 18.9 Å². The van der Waals surface area contributed by atoms with Crippen LogP contribution in [0.4, 0.5) is 5.82 Å². The highest BCUT2D eigenvalue weighted by atomic mass is 15.1. The molecule has 0 unspecified atom stereocenters. The number of nitrogen functional groups attached to an aromatic ring is 1. The van der Waals surface area contributed by atoms with Crippen LogP contribution in [0.2, 0.25) is 0 Å². The van der Waals surface area contributed by atoms with Crippen LogP contribution >= 0.6 is 0 Å². The summed E-state index contributed by atoms with van der Waals surface area (Å²) in [4.78, 5) is 8.42. The van der Waals surface area contributed by atoms with Crippen molar-refractivity contribution in [2.75, 3.05) is 5.73 Å². The van der Waals surface area contributed by atoms with E-state index in [0.717, 1.165) is 36.6 Å². The minimum Gasteiger partial charge on any atom is -0.383 e. The lowest BCUT2D eigenvalue weighted by molar-refractivity contribution is 0.637. The van der Waals surface area contributed by atoms with Gasteiger partial charge < -0.3 is 14.9 Å². The Labute approximate surface area is 94.9 Å². The summed E-state index contributed by atoms with van der Waals surface area (Å²) in [5.74, 6) is 0.719. The van der Waals surface area contributed by atoms with Crippen LogP contribution in [0.25, 0.3) is 11.4 Å². The molecule has 0 spiro atoms. The van der Waals surface area contributed by atoms with E-state index >= 15 is 0 Å². The van der Waals surface area contributed by atoms with Crippen molar-refractivity contribution in [3.05, 3.63) is 18.9 Å². The van der Waals surface area contributed by atoms with Crippen LogP contribution in [0, 0.1) is 0 Å². The number of aromatic nitrogens is 4. The highest BCUT2D eigenvalue weighted by molar-refractivity contribution is 5.67. The van der Waals surface area contributed by atoms with Gasteiger partial charge in [-0.05, 0) is 6.42 Å². The summed E-state index contributed by atoms with van der Waals surface area (Å²) in [5.41, 5.74) is 7.83. The van der Waals surface area contributed by atoms with Gasteiger partial charge in [-0.2, -0.15) is 0 Å². The molecule has 5 heteroatoms. The lowest BCUT2D eigenvalue weighted by atomic mass is 10.3. The van der Waals surface area contributed by atoms with Crippen molar-refractivity contribution >= 4 is 5.82 Å². The normalized spacial score (nSPS) is 10.9. The maximum atomic E-state index is 6.06. The van der Waals surface area contributed by atoms with E-state index in [1.807, 2.05) is 16.2 Å². The van der Waals surface area contributed by atoms with Crippen LogP contribution in [0.3, 0.4) is 0 Å². The number of aryl methyl sites for hydroxylation is 2. The number of unbranched alkanes of at least 4 members (excludes halogenated alkanes) is 1. The van der Waals surface area contributed by atoms with Crippen molar-refractivity contribution < 1.29 is 0 Å². The third kappa shape index (κ3) is 1.80. The smallest absolute Gasteiger partial charge is 0.133 e. The molecule has 2 rings (SSSR count). The van der Waals surface area contributed by atoms with E-state index in [4.69, 9.17) is 5.73 Å². The van der Waals surface area contributed by atoms with Gasteiger partial charge in [0.1, 0.15) is 11.5 Å². The number of hydrogen-bond acceptors (Lipinski definition) is 3. The zero-order valence-corrected chi connectivity index (χ0v) is 9.72. The number of hydrogen-bond donors (Lipinski definition) is 1. The topological polar surface area (TPSA) is 61.7 Å². The second-order valence-electron chi connectivity index (χ2n) is 3.92. The third-order valence-electron chi connectivity index (χ3n) is 2.69. The molecule has 0 aromatic carbocycles. The molecule has 0 aliphatic rings. The molecule has 0 aliphatic carbocycles. The van der Waals surface area contributed by atoms with Gasteiger partial charge in [0.05, 0.1) is 24.5 Å². The third-order valence-corrected chi connectivity index (χ3v) is 2.69. The minimum atomic E-state index is 0.719. The summed E-state index contributed by atoms with van der Waals surface area (Å²) in [5, 5.41) is 0. The van der Waals surface area contributed by atoms with Crippen LogP contribution < -0.4 is 5.73 Å². The molecule has 0 amide bonds. The van der Waals surface area contributed by atoms with Crippen molar-refractivity contribution in [2.24, 2.45) is 7.05 Å². The summed E-state index contributed by atoms with van der Waals surface area (Å²) in [6.07, 6.45) is 7.60. The molecule has 0 radical (unpaired) electrons. The van der Waals surface area contributed by atoms with E-state index in [1.54, 1.807) is 18.9 Å². The van der Waals surface area contributed by atoms with Gasteiger partial charge >= 0.3 is 0 Å². The van der Waals surface area contributed by atoms with Gasteiger partial charge in [0, 0.05) is 13.6 Å². The van der Waals surface area contributed by atoms with E-state index in [1.165, 1.54) is 0 Å². The Morgan fingerprint density at radius 3 is 2.81 bits per heavy atom. The molecule has 5 nitrogen and oxygen atoms in total. The molecule has 16 heavy (non-hydrogen) atoms. The number of imidazole rings is 2. The molecule has 2 aromatic rings. The van der Waals surface area contributed by atoms with E-state index in [2.05, 4.69) is 16.9 Å². The van der Waals surface area contributed by atoms with Gasteiger partial charge in [-0.25, -0.2) is 9.97 Å². The first-order chi connectivity index (χ1) is 7.74. The predicted octanol–water partition coefficient (Wildman–Crippen LogP) is 1.67. The molecule has 2 N–H and O–H groups in total. The Morgan fingerprint density at radius 2 is 2.19 bits per heavy atom. The van der Waals surface area contributed by atoms with Crippen LogP contribution in [-0.2, 0) is 13.6 Å². The molecule has 0 fully saturated rings. The van der Waals surface area contributed by atoms with E-state index in [0.29, 0.717) is 0 Å². The monoisotopic (exact) mass is 219 g/mol. The Kier molecular flexibility index (Phi) is 2.94. The Bertz CT molecular complexity index is 468. The maximum absolute atomic E-state index is 6.06.